The largest absolute Gasteiger partial charge is 0.311 e. The van der Waals surface area contributed by atoms with Crippen molar-refractivity contribution < 1.29 is 9.59 Å². The molecule has 177 valence electrons. The van der Waals surface area contributed by atoms with Crippen LogP contribution in [0.1, 0.15) is 96.5 Å². The van der Waals surface area contributed by atoms with Crippen LogP contribution in [0.2, 0.25) is 0 Å². The number of pyridine rings is 1. The molecule has 2 N–H and O–H groups in total. The minimum absolute atomic E-state index is 0.0617. The smallest absolute Gasteiger partial charge is 0.225 e. The van der Waals surface area contributed by atoms with Gasteiger partial charge in [0.15, 0.2) is 0 Å². The number of anilines is 2. The summed E-state index contributed by atoms with van der Waals surface area (Å²) in [6.45, 7) is 4.35. The second-order valence-electron chi connectivity index (χ2n) is 8.47. The number of nitrogens with zero attached hydrogens (tertiary/aromatic N) is 1. The molecule has 0 bridgehead atoms. The third-order valence-corrected chi connectivity index (χ3v) is 5.39. The van der Waals surface area contributed by atoms with Gasteiger partial charge in [0, 0.05) is 18.4 Å². The van der Waals surface area contributed by atoms with Gasteiger partial charge < -0.3 is 10.6 Å². The van der Waals surface area contributed by atoms with Crippen LogP contribution in [0.4, 0.5) is 11.6 Å². The van der Waals surface area contributed by atoms with Gasteiger partial charge >= 0.3 is 0 Å². The standard InChI is InChI=1S/C28H38N3O2/c1-3-5-7-9-11-17-27(32)30-25-21-24(20-19-23-15-13-14-16-23)22-26(29-25)31-28(33)18-12-10-8-6-4-2/h13-16,21-22H,3-12,17-18H2,1-2H3,(H2,29,30,31,32,33). The molecule has 33 heavy (non-hydrogen) atoms. The van der Waals surface area contributed by atoms with Crippen molar-refractivity contribution in [2.75, 3.05) is 10.6 Å². The van der Waals surface area contributed by atoms with Gasteiger partial charge in [-0.15, -0.1) is 0 Å². The number of hydrogen-bond donors (Lipinski definition) is 2. The van der Waals surface area contributed by atoms with Crippen molar-refractivity contribution >= 4 is 23.5 Å². The molecule has 2 amide bonds. The summed E-state index contributed by atoms with van der Waals surface area (Å²) in [7, 11) is 0. The third kappa shape index (κ3) is 11.9. The maximum atomic E-state index is 12.4. The molecule has 1 fully saturated rings. The predicted molar refractivity (Wildman–Crippen MR) is 136 cm³/mol. The minimum Gasteiger partial charge on any atom is -0.311 e. The highest BCUT2D eigenvalue weighted by molar-refractivity contribution is 5.92. The summed E-state index contributed by atoms with van der Waals surface area (Å²) < 4.78 is 0. The van der Waals surface area contributed by atoms with Gasteiger partial charge in [0.05, 0.1) is 5.92 Å². The predicted octanol–water partition coefficient (Wildman–Crippen LogP) is 6.44. The van der Waals surface area contributed by atoms with Crippen molar-refractivity contribution in [3.05, 3.63) is 49.3 Å². The molecule has 1 aromatic heterocycles. The summed E-state index contributed by atoms with van der Waals surface area (Å²) >= 11 is 0. The number of carbonyl (C=O) groups is 2. The molecule has 1 saturated carbocycles. The first-order chi connectivity index (χ1) is 16.1. The molecule has 1 heterocycles. The summed E-state index contributed by atoms with van der Waals surface area (Å²) in [6, 6.07) is 3.51. The Labute approximate surface area is 200 Å². The molecule has 0 spiro atoms. The Balaban J connectivity index is 1.98. The second kappa shape index (κ2) is 16.3. The van der Waals surface area contributed by atoms with Crippen LogP contribution < -0.4 is 10.6 Å². The highest BCUT2D eigenvalue weighted by atomic mass is 16.2. The minimum atomic E-state index is -0.0617. The van der Waals surface area contributed by atoms with E-state index in [2.05, 4.69) is 41.3 Å². The number of amides is 2. The van der Waals surface area contributed by atoms with Crippen LogP contribution >= 0.6 is 0 Å². The topological polar surface area (TPSA) is 71.1 Å². The van der Waals surface area contributed by atoms with Gasteiger partial charge in [-0.05, 0) is 50.7 Å². The van der Waals surface area contributed by atoms with Gasteiger partial charge in [-0.3, -0.25) is 9.59 Å². The van der Waals surface area contributed by atoms with Crippen molar-refractivity contribution in [1.82, 2.24) is 4.98 Å². The van der Waals surface area contributed by atoms with E-state index in [0.29, 0.717) is 30.0 Å². The zero-order chi connectivity index (χ0) is 23.7. The van der Waals surface area contributed by atoms with Gasteiger partial charge in [0.1, 0.15) is 11.6 Å². The molecule has 5 radical (unpaired) electrons. The van der Waals surface area contributed by atoms with Gasteiger partial charge in [-0.1, -0.05) is 77.1 Å². The Morgan fingerprint density at radius 3 is 1.70 bits per heavy atom. The van der Waals surface area contributed by atoms with E-state index in [4.69, 9.17) is 0 Å². The number of hydrogen-bond acceptors (Lipinski definition) is 3. The van der Waals surface area contributed by atoms with Gasteiger partial charge in [-0.25, -0.2) is 4.98 Å². The van der Waals surface area contributed by atoms with Crippen LogP contribution in [-0.2, 0) is 9.59 Å². The highest BCUT2D eigenvalue weighted by Gasteiger charge is 2.14. The Morgan fingerprint density at radius 2 is 1.21 bits per heavy atom. The monoisotopic (exact) mass is 448 g/mol. The number of carbonyl (C=O) groups excluding carboxylic acids is 2. The first kappa shape index (κ1) is 26.9. The van der Waals surface area contributed by atoms with E-state index in [1.807, 2.05) is 25.7 Å². The Bertz CT molecular complexity index is 742. The van der Waals surface area contributed by atoms with Gasteiger partial charge in [0.2, 0.25) is 11.8 Å². The molecule has 0 aliphatic heterocycles. The van der Waals surface area contributed by atoms with Gasteiger partial charge in [-0.2, -0.15) is 0 Å². The summed E-state index contributed by atoms with van der Waals surface area (Å²) in [5.74, 6) is 7.85. The van der Waals surface area contributed by atoms with Crippen molar-refractivity contribution in [2.45, 2.75) is 90.9 Å². The van der Waals surface area contributed by atoms with Crippen LogP contribution in [-0.4, -0.2) is 16.8 Å². The molecule has 1 aromatic rings. The van der Waals surface area contributed by atoms with E-state index < -0.39 is 0 Å². The van der Waals surface area contributed by atoms with Crippen LogP contribution in [0.25, 0.3) is 0 Å². The fourth-order valence-electron chi connectivity index (χ4n) is 3.52. The Morgan fingerprint density at radius 1 is 0.727 bits per heavy atom. The zero-order valence-electron chi connectivity index (χ0n) is 20.2. The second-order valence-corrected chi connectivity index (χ2v) is 8.47. The van der Waals surface area contributed by atoms with Crippen LogP contribution in [0.5, 0.6) is 0 Å². The highest BCUT2D eigenvalue weighted by Crippen LogP contribution is 2.22. The lowest BCUT2D eigenvalue weighted by Crippen LogP contribution is -2.16. The molecule has 1 aliphatic carbocycles. The third-order valence-electron chi connectivity index (χ3n) is 5.39. The quantitative estimate of drug-likeness (QED) is 0.254. The van der Waals surface area contributed by atoms with E-state index in [0.717, 1.165) is 44.4 Å². The molecule has 5 nitrogen and oxygen atoms in total. The molecule has 0 unspecified atom stereocenters. The summed E-state index contributed by atoms with van der Waals surface area (Å²) in [5.41, 5.74) is 0.697. The maximum absolute atomic E-state index is 12.4. The Hall–Kier alpha value is -2.35. The number of rotatable bonds is 14. The van der Waals surface area contributed by atoms with E-state index in [1.165, 1.54) is 25.7 Å². The first-order valence-corrected chi connectivity index (χ1v) is 12.5. The fourth-order valence-corrected chi connectivity index (χ4v) is 3.52. The molecule has 1 aliphatic rings. The molecular weight excluding hydrogens is 410 g/mol. The molecule has 0 atom stereocenters. The SMILES string of the molecule is CCCCCCCC(=O)Nc1cc(C#C[C]2[CH][CH][CH][CH]2)cc(NC(=O)CCCCCCC)n1. The van der Waals surface area contributed by atoms with Crippen molar-refractivity contribution in [2.24, 2.45) is 0 Å². The van der Waals surface area contributed by atoms with E-state index in [9.17, 15) is 9.59 Å². The van der Waals surface area contributed by atoms with Crippen molar-refractivity contribution in [3.63, 3.8) is 0 Å². The van der Waals surface area contributed by atoms with Crippen molar-refractivity contribution in [1.29, 1.82) is 0 Å². The first-order valence-electron chi connectivity index (χ1n) is 12.5. The normalized spacial score (nSPS) is 13.4. The summed E-state index contributed by atoms with van der Waals surface area (Å²) in [6.07, 6.45) is 19.6. The Kier molecular flexibility index (Phi) is 13.3. The van der Waals surface area contributed by atoms with E-state index in [1.54, 1.807) is 12.1 Å². The lowest BCUT2D eigenvalue weighted by Gasteiger charge is -2.10. The van der Waals surface area contributed by atoms with Crippen LogP contribution in [0.15, 0.2) is 12.1 Å². The molecule has 0 aromatic carbocycles. The van der Waals surface area contributed by atoms with E-state index >= 15 is 0 Å². The van der Waals surface area contributed by atoms with Crippen LogP contribution in [0, 0.1) is 43.4 Å². The number of aromatic nitrogens is 1. The molecule has 0 saturated heterocycles. The maximum Gasteiger partial charge on any atom is 0.225 e. The van der Waals surface area contributed by atoms with Crippen LogP contribution in [0.3, 0.4) is 0 Å². The van der Waals surface area contributed by atoms with E-state index in [-0.39, 0.29) is 11.8 Å². The lowest BCUT2D eigenvalue weighted by molar-refractivity contribution is -0.117. The van der Waals surface area contributed by atoms with Crippen molar-refractivity contribution in [3.8, 4) is 11.8 Å². The fraction of sp³-hybridized carbons (Fsp3) is 0.500. The number of nitrogens with one attached hydrogen (secondary N) is 2. The molecule has 2 rings (SSSR count). The average Bonchev–Trinajstić information content (AvgIpc) is 3.31. The van der Waals surface area contributed by atoms with Gasteiger partial charge in [0.25, 0.3) is 0 Å². The summed E-state index contributed by atoms with van der Waals surface area (Å²) in [5, 5.41) is 5.75. The zero-order valence-corrected chi connectivity index (χ0v) is 20.2. The average molecular weight is 449 g/mol. The molecular formula is C28H38N3O2. The number of unbranched alkanes of at least 4 members (excludes halogenated alkanes) is 8. The molecule has 5 heteroatoms. The summed E-state index contributed by atoms with van der Waals surface area (Å²) in [4.78, 5) is 29.2. The lowest BCUT2D eigenvalue weighted by atomic mass is 10.1.